The number of hydrogen-bond acceptors (Lipinski definition) is 2. The average molecular weight is 269 g/mol. The van der Waals surface area contributed by atoms with Crippen molar-refractivity contribution in [3.05, 3.63) is 42.1 Å². The van der Waals surface area contributed by atoms with Gasteiger partial charge in [-0.25, -0.2) is 0 Å². The normalized spacial score (nSPS) is 19.1. The molecule has 1 amide bonds. The van der Waals surface area contributed by atoms with E-state index >= 15 is 0 Å². The smallest absolute Gasteiger partial charge is 0.271 e. The fourth-order valence-electron chi connectivity index (χ4n) is 2.73. The number of benzene rings is 1. The van der Waals surface area contributed by atoms with Crippen LogP contribution >= 0.6 is 0 Å². The highest BCUT2D eigenvalue weighted by Gasteiger charge is 2.23. The Kier molecular flexibility index (Phi) is 3.54. The Hall–Kier alpha value is -2.10. The molecule has 1 aliphatic heterocycles. The second-order valence-electron chi connectivity index (χ2n) is 5.53. The van der Waals surface area contributed by atoms with Crippen molar-refractivity contribution in [1.82, 2.24) is 15.1 Å². The van der Waals surface area contributed by atoms with Gasteiger partial charge < -0.3 is 4.90 Å². The van der Waals surface area contributed by atoms with Gasteiger partial charge in [0.05, 0.1) is 5.69 Å². The van der Waals surface area contributed by atoms with E-state index < -0.39 is 0 Å². The predicted octanol–water partition coefficient (Wildman–Crippen LogP) is 2.95. The van der Waals surface area contributed by atoms with E-state index in [1.807, 2.05) is 41.3 Å². The molecule has 20 heavy (non-hydrogen) atoms. The maximum atomic E-state index is 12.4. The van der Waals surface area contributed by atoms with E-state index in [0.717, 1.165) is 30.8 Å². The highest BCUT2D eigenvalue weighted by atomic mass is 16.2. The Balaban J connectivity index is 1.78. The van der Waals surface area contributed by atoms with Crippen molar-refractivity contribution in [2.45, 2.75) is 19.8 Å². The van der Waals surface area contributed by atoms with E-state index in [2.05, 4.69) is 17.1 Å². The second-order valence-corrected chi connectivity index (χ2v) is 5.53. The van der Waals surface area contributed by atoms with Gasteiger partial charge in [0.2, 0.25) is 0 Å². The van der Waals surface area contributed by atoms with Crippen LogP contribution in [-0.2, 0) is 0 Å². The lowest BCUT2D eigenvalue weighted by Crippen LogP contribution is -2.39. The van der Waals surface area contributed by atoms with Crippen LogP contribution in [0.25, 0.3) is 11.3 Å². The van der Waals surface area contributed by atoms with Crippen molar-refractivity contribution < 1.29 is 4.79 Å². The van der Waals surface area contributed by atoms with Gasteiger partial charge in [-0.15, -0.1) is 0 Å². The van der Waals surface area contributed by atoms with E-state index in [9.17, 15) is 4.79 Å². The second kappa shape index (κ2) is 5.49. The Labute approximate surface area is 118 Å². The van der Waals surface area contributed by atoms with Crippen LogP contribution in [0, 0.1) is 5.92 Å². The number of nitrogens with zero attached hydrogens (tertiary/aromatic N) is 2. The Morgan fingerprint density at radius 3 is 2.90 bits per heavy atom. The van der Waals surface area contributed by atoms with Gasteiger partial charge in [-0.1, -0.05) is 37.3 Å². The van der Waals surface area contributed by atoms with Crippen molar-refractivity contribution in [2.75, 3.05) is 13.1 Å². The molecule has 1 fully saturated rings. The first-order valence-electron chi connectivity index (χ1n) is 7.14. The number of likely N-dealkylation sites (tertiary alicyclic amines) is 1. The SMILES string of the molecule is C[C@H]1CCCN(C(=O)c2cc(-c3ccccc3)n[nH]2)C1. The van der Waals surface area contributed by atoms with Crippen LogP contribution in [0.1, 0.15) is 30.3 Å². The number of rotatable bonds is 2. The quantitative estimate of drug-likeness (QED) is 0.911. The van der Waals surface area contributed by atoms with Crippen LogP contribution in [-0.4, -0.2) is 34.1 Å². The standard InChI is InChI=1S/C16H19N3O/c1-12-6-5-9-19(11-12)16(20)15-10-14(17-18-15)13-7-3-2-4-8-13/h2-4,7-8,10,12H,5-6,9,11H2,1H3,(H,17,18)/t12-/m0/s1. The summed E-state index contributed by atoms with van der Waals surface area (Å²) in [6, 6.07) is 11.7. The number of amides is 1. The number of aromatic nitrogens is 2. The maximum absolute atomic E-state index is 12.4. The summed E-state index contributed by atoms with van der Waals surface area (Å²) in [5.41, 5.74) is 2.42. The summed E-state index contributed by atoms with van der Waals surface area (Å²) in [6.45, 7) is 3.89. The first-order chi connectivity index (χ1) is 9.74. The number of H-pyrrole nitrogens is 1. The van der Waals surface area contributed by atoms with Crippen molar-refractivity contribution in [3.63, 3.8) is 0 Å². The number of carbonyl (C=O) groups excluding carboxylic acids is 1. The molecule has 0 spiro atoms. The molecule has 0 aliphatic carbocycles. The van der Waals surface area contributed by atoms with Crippen LogP contribution in [0.15, 0.2) is 36.4 Å². The third kappa shape index (κ3) is 2.59. The molecule has 104 valence electrons. The Morgan fingerprint density at radius 2 is 2.15 bits per heavy atom. The lowest BCUT2D eigenvalue weighted by atomic mass is 10.00. The molecule has 4 heteroatoms. The highest BCUT2D eigenvalue weighted by molar-refractivity contribution is 5.93. The van der Waals surface area contributed by atoms with Crippen LogP contribution in [0.4, 0.5) is 0 Å². The van der Waals surface area contributed by atoms with Gasteiger partial charge in [0, 0.05) is 18.7 Å². The van der Waals surface area contributed by atoms with Crippen molar-refractivity contribution in [3.8, 4) is 11.3 Å². The van der Waals surface area contributed by atoms with Crippen LogP contribution in [0.3, 0.4) is 0 Å². The zero-order valence-corrected chi connectivity index (χ0v) is 11.7. The molecule has 1 N–H and O–H groups in total. The number of nitrogens with one attached hydrogen (secondary N) is 1. The molecule has 0 saturated carbocycles. The molecule has 1 atom stereocenters. The lowest BCUT2D eigenvalue weighted by molar-refractivity contribution is 0.0677. The minimum Gasteiger partial charge on any atom is -0.337 e. The molecular formula is C16H19N3O. The van der Waals surface area contributed by atoms with Crippen molar-refractivity contribution >= 4 is 5.91 Å². The molecule has 1 aromatic heterocycles. The zero-order chi connectivity index (χ0) is 13.9. The number of aromatic amines is 1. The first kappa shape index (κ1) is 12.9. The fraction of sp³-hybridized carbons (Fsp3) is 0.375. The summed E-state index contributed by atoms with van der Waals surface area (Å²) in [5.74, 6) is 0.649. The summed E-state index contributed by atoms with van der Waals surface area (Å²) >= 11 is 0. The molecule has 3 rings (SSSR count). The molecule has 1 aliphatic rings. The first-order valence-corrected chi connectivity index (χ1v) is 7.14. The molecule has 4 nitrogen and oxygen atoms in total. The average Bonchev–Trinajstić information content (AvgIpc) is 2.97. The molecule has 0 radical (unpaired) electrons. The Bertz CT molecular complexity index is 591. The zero-order valence-electron chi connectivity index (χ0n) is 11.7. The van der Waals surface area contributed by atoms with Crippen LogP contribution in [0.2, 0.25) is 0 Å². The topological polar surface area (TPSA) is 49.0 Å². The van der Waals surface area contributed by atoms with E-state index in [1.165, 1.54) is 6.42 Å². The monoisotopic (exact) mass is 269 g/mol. The van der Waals surface area contributed by atoms with Gasteiger partial charge in [0.15, 0.2) is 0 Å². The van der Waals surface area contributed by atoms with Crippen molar-refractivity contribution in [1.29, 1.82) is 0 Å². The van der Waals surface area contributed by atoms with Gasteiger partial charge in [-0.3, -0.25) is 9.89 Å². The number of carbonyl (C=O) groups is 1. The summed E-state index contributed by atoms with van der Waals surface area (Å²) < 4.78 is 0. The van der Waals surface area contributed by atoms with E-state index in [0.29, 0.717) is 11.6 Å². The summed E-state index contributed by atoms with van der Waals surface area (Å²) in [4.78, 5) is 14.4. The maximum Gasteiger partial charge on any atom is 0.271 e. The van der Waals surface area contributed by atoms with E-state index in [4.69, 9.17) is 0 Å². The Morgan fingerprint density at radius 1 is 1.35 bits per heavy atom. The molecule has 1 saturated heterocycles. The third-order valence-electron chi connectivity index (χ3n) is 3.82. The third-order valence-corrected chi connectivity index (χ3v) is 3.82. The highest BCUT2D eigenvalue weighted by Crippen LogP contribution is 2.20. The molecule has 2 heterocycles. The van der Waals surface area contributed by atoms with Gasteiger partial charge in [-0.05, 0) is 24.8 Å². The molecular weight excluding hydrogens is 250 g/mol. The molecule has 0 unspecified atom stereocenters. The van der Waals surface area contributed by atoms with Gasteiger partial charge in [-0.2, -0.15) is 5.10 Å². The minimum atomic E-state index is 0.0613. The molecule has 2 aromatic rings. The molecule has 1 aromatic carbocycles. The minimum absolute atomic E-state index is 0.0613. The van der Waals surface area contributed by atoms with Gasteiger partial charge in [0.1, 0.15) is 5.69 Å². The predicted molar refractivity (Wildman–Crippen MR) is 78.3 cm³/mol. The summed E-state index contributed by atoms with van der Waals surface area (Å²) in [7, 11) is 0. The van der Waals surface area contributed by atoms with Crippen LogP contribution < -0.4 is 0 Å². The summed E-state index contributed by atoms with van der Waals surface area (Å²) in [6.07, 6.45) is 2.30. The van der Waals surface area contributed by atoms with Crippen molar-refractivity contribution in [2.24, 2.45) is 5.92 Å². The number of hydrogen-bond donors (Lipinski definition) is 1. The van der Waals surface area contributed by atoms with Gasteiger partial charge >= 0.3 is 0 Å². The fourth-order valence-corrected chi connectivity index (χ4v) is 2.73. The summed E-state index contributed by atoms with van der Waals surface area (Å²) in [5, 5.41) is 7.12. The van der Waals surface area contributed by atoms with Gasteiger partial charge in [0.25, 0.3) is 5.91 Å². The molecule has 0 bridgehead atoms. The van der Waals surface area contributed by atoms with Crippen LogP contribution in [0.5, 0.6) is 0 Å². The van der Waals surface area contributed by atoms with E-state index in [1.54, 1.807) is 0 Å². The van der Waals surface area contributed by atoms with E-state index in [-0.39, 0.29) is 5.91 Å². The largest absolute Gasteiger partial charge is 0.337 e. The number of piperidine rings is 1. The lowest BCUT2D eigenvalue weighted by Gasteiger charge is -2.30.